The Bertz CT molecular complexity index is 760. The van der Waals surface area contributed by atoms with Crippen LogP contribution in [0, 0.1) is 18.8 Å². The number of anilines is 1. The number of hydrogen-bond acceptors (Lipinski definition) is 6. The molecule has 0 aromatic carbocycles. The third kappa shape index (κ3) is 3.17. The first kappa shape index (κ1) is 18.8. The second-order valence-electron chi connectivity index (χ2n) is 5.42. The molecule has 24 heavy (non-hydrogen) atoms. The highest BCUT2D eigenvalue weighted by Crippen LogP contribution is 2.45. The highest BCUT2D eigenvalue weighted by molar-refractivity contribution is 6.39. The molecule has 4 atom stereocenters. The van der Waals surface area contributed by atoms with Crippen LogP contribution in [0.1, 0.15) is 11.9 Å². The maximum atomic E-state index is 12.5. The first-order chi connectivity index (χ1) is 11.0. The molecule has 1 aromatic heterocycles. The number of hydrogen-bond donors (Lipinski definition) is 3. The lowest BCUT2D eigenvalue weighted by molar-refractivity contribution is -0.0736. The highest BCUT2D eigenvalue weighted by atomic mass is 35.5. The molecular weight excluding hydrogens is 338 g/mol. The van der Waals surface area contributed by atoms with E-state index in [9.17, 15) is 19.4 Å². The lowest BCUT2D eigenvalue weighted by atomic mass is 9.60. The minimum Gasteiger partial charge on any atom is -0.406 e. The Morgan fingerprint density at radius 2 is 2.29 bits per heavy atom. The van der Waals surface area contributed by atoms with E-state index in [0.29, 0.717) is 0 Å². The quantitative estimate of drug-likeness (QED) is 0.334. The first-order valence-electron chi connectivity index (χ1n) is 6.76. The Morgan fingerprint density at radius 3 is 2.79 bits per heavy atom. The zero-order valence-corrected chi connectivity index (χ0v) is 13.4. The predicted octanol–water partition coefficient (Wildman–Crippen LogP) is -1.67. The average Bonchev–Trinajstić information content (AvgIpc) is 2.69. The maximum absolute atomic E-state index is 12.5. The van der Waals surface area contributed by atoms with Crippen molar-refractivity contribution in [2.45, 2.75) is 35.6 Å². The van der Waals surface area contributed by atoms with Crippen LogP contribution in [0.2, 0.25) is 0 Å². The molecule has 124 valence electrons. The van der Waals surface area contributed by atoms with Gasteiger partial charge in [-0.2, -0.15) is 4.98 Å². The van der Waals surface area contributed by atoms with Gasteiger partial charge in [-0.1, -0.05) is 23.4 Å². The summed E-state index contributed by atoms with van der Waals surface area (Å²) >= 11 is 6.33. The van der Waals surface area contributed by atoms with E-state index in [2.05, 4.69) is 16.8 Å². The first-order valence-corrected chi connectivity index (χ1v) is 7.14. The minimum absolute atomic E-state index is 0.0342. The van der Waals surface area contributed by atoms with Crippen LogP contribution < -0.4 is 11.4 Å². The van der Waals surface area contributed by atoms with E-state index in [4.69, 9.17) is 37.8 Å². The van der Waals surface area contributed by atoms with Gasteiger partial charge in [0.2, 0.25) is 0 Å². The number of nitrogens with zero attached hydrogens (tertiary/aromatic N) is 2. The van der Waals surface area contributed by atoms with Crippen LogP contribution >= 0.6 is 11.6 Å². The fraction of sp³-hybridized carbons (Fsp3) is 0.538. The molecule has 7 nitrogen and oxygen atoms in total. The Morgan fingerprint density at radius 1 is 1.67 bits per heavy atom. The van der Waals surface area contributed by atoms with E-state index >= 15 is 0 Å². The Labute approximate surface area is 144 Å². The summed E-state index contributed by atoms with van der Waals surface area (Å²) in [5.41, 5.74) is 4.94. The molecule has 1 saturated heterocycles. The molecule has 0 aliphatic carbocycles. The number of aliphatic hydroxyl groups is 2. The highest BCUT2D eigenvalue weighted by Gasteiger charge is 2.59. The van der Waals surface area contributed by atoms with Gasteiger partial charge in [-0.25, -0.2) is 9.18 Å². The Kier molecular flexibility index (Phi) is 5.02. The van der Waals surface area contributed by atoms with Gasteiger partial charge in [-0.15, -0.1) is 0 Å². The van der Waals surface area contributed by atoms with Gasteiger partial charge < -0.3 is 20.7 Å². The van der Waals surface area contributed by atoms with Crippen LogP contribution in [0.15, 0.2) is 10.9 Å². The molecule has 0 saturated carbocycles. The fourth-order valence-corrected chi connectivity index (χ4v) is 2.84. The fourth-order valence-electron chi connectivity index (χ4n) is 2.51. The number of aryl methyl sites for hydroxylation is 1. The van der Waals surface area contributed by atoms with E-state index in [1.54, 1.807) is 0 Å². The zero-order chi connectivity index (χ0) is 18.3. The van der Waals surface area contributed by atoms with Crippen molar-refractivity contribution in [3.8, 4) is 11.8 Å². The van der Waals surface area contributed by atoms with E-state index in [1.807, 2.05) is 0 Å². The molecule has 11 heteroatoms. The molecule has 1 aliphatic heterocycles. The number of halogens is 2. The number of nitrogen functional groups attached to an aromatic ring is 1. The Balaban J connectivity index is 2.64. The van der Waals surface area contributed by atoms with Crippen molar-refractivity contribution in [2.75, 3.05) is 12.4 Å². The smallest absolute Gasteiger partial charge is 0.351 e. The predicted molar refractivity (Wildman–Crippen MR) is 86.4 cm³/mol. The number of aromatic nitrogens is 2. The molecule has 0 bridgehead atoms. The monoisotopic (exact) mass is 351 g/mol. The third-order valence-corrected chi connectivity index (χ3v) is 4.06. The summed E-state index contributed by atoms with van der Waals surface area (Å²) in [4.78, 5) is 13.7. The molecule has 1 aliphatic rings. The van der Waals surface area contributed by atoms with Crippen molar-refractivity contribution >= 4 is 33.1 Å². The SMILES string of the molecule is [B]C([B])(O)C1O[C@@H](n2c(C)cc(N)nc2=O)C(Cl)(C#CCF)[C@H]1O. The van der Waals surface area contributed by atoms with Crippen molar-refractivity contribution in [2.24, 2.45) is 0 Å². The summed E-state index contributed by atoms with van der Waals surface area (Å²) in [5, 5.41) is 17.7. The van der Waals surface area contributed by atoms with Crippen molar-refractivity contribution in [3.63, 3.8) is 0 Å². The number of aliphatic hydroxyl groups excluding tert-OH is 1. The topological polar surface area (TPSA) is 111 Å². The zero-order valence-electron chi connectivity index (χ0n) is 12.6. The van der Waals surface area contributed by atoms with Crippen molar-refractivity contribution in [1.29, 1.82) is 0 Å². The summed E-state index contributed by atoms with van der Waals surface area (Å²) in [6, 6.07) is 1.36. The van der Waals surface area contributed by atoms with Gasteiger partial charge in [-0.05, 0) is 13.0 Å². The lowest BCUT2D eigenvalue weighted by Gasteiger charge is -2.29. The van der Waals surface area contributed by atoms with E-state index in [1.165, 1.54) is 13.0 Å². The molecule has 1 fully saturated rings. The maximum Gasteiger partial charge on any atom is 0.351 e. The molecule has 4 N–H and O–H groups in total. The molecule has 2 heterocycles. The summed E-state index contributed by atoms with van der Waals surface area (Å²) in [5.74, 6) is 4.34. The number of ether oxygens (including phenoxy) is 1. The number of alkyl halides is 2. The van der Waals surface area contributed by atoms with Gasteiger partial charge in [0.1, 0.15) is 40.4 Å². The molecule has 2 rings (SSSR count). The van der Waals surface area contributed by atoms with E-state index in [0.717, 1.165) is 4.57 Å². The van der Waals surface area contributed by atoms with Gasteiger partial charge in [0, 0.05) is 11.1 Å². The average molecular weight is 351 g/mol. The van der Waals surface area contributed by atoms with E-state index in [-0.39, 0.29) is 11.5 Å². The van der Waals surface area contributed by atoms with Crippen LogP contribution in [0.4, 0.5) is 10.2 Å². The van der Waals surface area contributed by atoms with Gasteiger partial charge in [0.25, 0.3) is 0 Å². The second-order valence-corrected chi connectivity index (χ2v) is 6.05. The van der Waals surface area contributed by atoms with Gasteiger partial charge in [0.15, 0.2) is 11.1 Å². The van der Waals surface area contributed by atoms with Crippen LogP contribution in [0.3, 0.4) is 0 Å². The van der Waals surface area contributed by atoms with Gasteiger partial charge in [-0.3, -0.25) is 4.57 Å². The number of nitrogens with two attached hydrogens (primary N) is 1. The molecule has 4 radical (unpaired) electrons. The van der Waals surface area contributed by atoms with Crippen LogP contribution in [0.25, 0.3) is 0 Å². The summed E-state index contributed by atoms with van der Waals surface area (Å²) < 4.78 is 18.8. The lowest BCUT2D eigenvalue weighted by Crippen LogP contribution is -2.52. The van der Waals surface area contributed by atoms with Crippen molar-refractivity contribution in [1.82, 2.24) is 9.55 Å². The van der Waals surface area contributed by atoms with Crippen LogP contribution in [-0.4, -0.2) is 64.6 Å². The molecule has 1 aromatic rings. The second kappa shape index (κ2) is 6.41. The van der Waals surface area contributed by atoms with E-state index < -0.39 is 41.1 Å². The largest absolute Gasteiger partial charge is 0.406 e. The van der Waals surface area contributed by atoms with Crippen LogP contribution in [-0.2, 0) is 4.74 Å². The van der Waals surface area contributed by atoms with Gasteiger partial charge >= 0.3 is 5.69 Å². The van der Waals surface area contributed by atoms with Crippen molar-refractivity contribution in [3.05, 3.63) is 22.2 Å². The van der Waals surface area contributed by atoms with Crippen molar-refractivity contribution < 1.29 is 19.3 Å². The third-order valence-electron chi connectivity index (χ3n) is 3.56. The molecular formula is C13H13B2ClFN3O4. The van der Waals surface area contributed by atoms with Crippen LogP contribution in [0.5, 0.6) is 0 Å². The summed E-state index contributed by atoms with van der Waals surface area (Å²) in [6.45, 7) is 0.460. The Hall–Kier alpha value is -1.53. The molecule has 2 unspecified atom stereocenters. The minimum atomic E-state index is -2.48. The van der Waals surface area contributed by atoms with Gasteiger partial charge in [0.05, 0.1) is 0 Å². The summed E-state index contributed by atoms with van der Waals surface area (Å²) in [7, 11) is 10.7. The standard InChI is InChI=1S/C13H13B2ClFN3O4/c1-6-5-7(18)19-11(22)20(6)10-12(16,3-2-4-17)8(21)9(24-10)13(14,15)23/h5,8-10,21,23H,4H2,1H3,(H2,18,19,22)/t8-,9?,10+,12?/m0/s1. The summed E-state index contributed by atoms with van der Waals surface area (Å²) in [6.07, 6.45) is -4.78. The normalized spacial score (nSPS) is 30.0. The molecule has 0 spiro atoms. The molecule has 0 amide bonds. The number of rotatable bonds is 2.